The first-order chi connectivity index (χ1) is 17.0. The van der Waals surface area contributed by atoms with Crippen molar-refractivity contribution in [2.24, 2.45) is 0 Å². The van der Waals surface area contributed by atoms with E-state index >= 15 is 0 Å². The highest BCUT2D eigenvalue weighted by molar-refractivity contribution is 7.56. The van der Waals surface area contributed by atoms with E-state index in [4.69, 9.17) is 19.7 Å². The number of aromatic nitrogens is 4. The average molecular weight is 503 g/mol. The van der Waals surface area contributed by atoms with Crippen LogP contribution in [-0.4, -0.2) is 57.2 Å². The third-order valence-electron chi connectivity index (χ3n) is 5.69. The molecule has 0 saturated carbocycles. The second kappa shape index (κ2) is 11.7. The summed E-state index contributed by atoms with van der Waals surface area (Å²) in [6.07, 6.45) is 5.56. The van der Waals surface area contributed by atoms with E-state index in [0.29, 0.717) is 36.6 Å². The quantitative estimate of drug-likeness (QED) is 0.228. The van der Waals surface area contributed by atoms with Gasteiger partial charge < -0.3 is 24.3 Å². The summed E-state index contributed by atoms with van der Waals surface area (Å²) in [6, 6.07) is 8.69. The van der Waals surface area contributed by atoms with Gasteiger partial charge in [-0.3, -0.25) is 9.36 Å². The number of ether oxygens (including phenoxy) is 2. The lowest BCUT2D eigenvalue weighted by molar-refractivity contribution is -0.145. The number of nitrogens with one attached hydrogen (secondary N) is 1. The van der Waals surface area contributed by atoms with Crippen molar-refractivity contribution in [3.63, 3.8) is 0 Å². The highest BCUT2D eigenvalue weighted by Crippen LogP contribution is 2.46. The summed E-state index contributed by atoms with van der Waals surface area (Å²) in [7, 11) is -3.43. The van der Waals surface area contributed by atoms with Crippen molar-refractivity contribution in [1.82, 2.24) is 24.6 Å². The van der Waals surface area contributed by atoms with Crippen molar-refractivity contribution in [1.29, 1.82) is 0 Å². The Hall–Kier alpha value is -2.85. The molecule has 1 aliphatic rings. The predicted molar refractivity (Wildman–Crippen MR) is 131 cm³/mol. The first kappa shape index (κ1) is 25.2. The number of esters is 1. The van der Waals surface area contributed by atoms with E-state index in [0.717, 1.165) is 24.8 Å². The molecule has 3 aromatic rings. The van der Waals surface area contributed by atoms with Gasteiger partial charge in [-0.05, 0) is 18.4 Å². The number of hydrogen-bond acceptors (Lipinski definition) is 9. The lowest BCUT2D eigenvalue weighted by atomic mass is 10.1. The molecule has 0 spiro atoms. The smallest absolute Gasteiger partial charge is 0.323 e. The Morgan fingerprint density at radius 2 is 2.11 bits per heavy atom. The molecule has 1 fully saturated rings. The Kier molecular flexibility index (Phi) is 8.46. The van der Waals surface area contributed by atoms with E-state index in [2.05, 4.69) is 27.0 Å². The number of imidazole rings is 1. The van der Waals surface area contributed by atoms with Gasteiger partial charge in [0.05, 0.1) is 26.1 Å². The minimum atomic E-state index is -3.43. The number of nitrogens with two attached hydrogens (primary N) is 1. The Labute approximate surface area is 203 Å². The van der Waals surface area contributed by atoms with Crippen LogP contribution in [0, 0.1) is 0 Å². The Morgan fingerprint density at radius 3 is 2.86 bits per heavy atom. The normalized spacial score (nSPS) is 21.1. The molecule has 11 nitrogen and oxygen atoms in total. The number of nitrogen functional groups attached to an aromatic ring is 1. The molecular weight excluding hydrogens is 471 g/mol. The summed E-state index contributed by atoms with van der Waals surface area (Å²) in [5.41, 5.74) is 7.86. The third kappa shape index (κ3) is 6.64. The number of nitrogens with zero attached hydrogens (tertiary/aromatic N) is 4. The van der Waals surface area contributed by atoms with Gasteiger partial charge >= 0.3 is 5.97 Å². The molecule has 3 heterocycles. The van der Waals surface area contributed by atoms with Crippen molar-refractivity contribution in [3.05, 3.63) is 48.5 Å². The third-order valence-corrected chi connectivity index (χ3v) is 7.45. The molecule has 188 valence electrons. The molecule has 35 heavy (non-hydrogen) atoms. The van der Waals surface area contributed by atoms with Crippen LogP contribution in [0.1, 0.15) is 31.7 Å². The minimum absolute atomic E-state index is 0.0775. The standard InChI is InChI=1S/C23H31N6O5P/c1-2-3-7-10-32-23(30)19(11-17-8-5-4-6-9-17)28-35(31)16-33-18(13-34-35)12-29-15-27-20-21(24)25-14-26-22(20)29/h4-6,8-9,14-15,18-19H,2-3,7,10-13,16H2,1H3,(H,28,31)(H2,24,25,26)/t18-,19-,35?/m0/s1. The molecule has 1 unspecified atom stereocenters. The summed E-state index contributed by atoms with van der Waals surface area (Å²) in [5.74, 6) is -0.151. The molecule has 0 bridgehead atoms. The molecule has 2 aromatic heterocycles. The largest absolute Gasteiger partial charge is 0.465 e. The van der Waals surface area contributed by atoms with Gasteiger partial charge in [-0.1, -0.05) is 50.1 Å². The van der Waals surface area contributed by atoms with Gasteiger partial charge in [0.25, 0.3) is 7.52 Å². The van der Waals surface area contributed by atoms with Crippen molar-refractivity contribution >= 4 is 30.5 Å². The maximum Gasteiger partial charge on any atom is 0.323 e. The van der Waals surface area contributed by atoms with Crippen molar-refractivity contribution in [2.75, 3.05) is 25.3 Å². The zero-order valence-electron chi connectivity index (χ0n) is 19.7. The Morgan fingerprint density at radius 1 is 1.29 bits per heavy atom. The van der Waals surface area contributed by atoms with Gasteiger partial charge in [-0.15, -0.1) is 0 Å². The summed E-state index contributed by atoms with van der Waals surface area (Å²) >= 11 is 0. The number of rotatable bonds is 11. The van der Waals surface area contributed by atoms with E-state index in [1.807, 2.05) is 30.3 Å². The SMILES string of the molecule is CCCCCOC(=O)[C@H](Cc1ccccc1)NP1(=O)CO[C@@H](Cn2cnc3c(N)ncnc32)CO1. The van der Waals surface area contributed by atoms with Crippen molar-refractivity contribution in [2.45, 2.75) is 51.3 Å². The monoisotopic (exact) mass is 502 g/mol. The number of fused-ring (bicyclic) bond motifs is 1. The molecule has 1 saturated heterocycles. The summed E-state index contributed by atoms with van der Waals surface area (Å²) in [5, 5.41) is 2.92. The molecule has 12 heteroatoms. The van der Waals surface area contributed by atoms with Gasteiger partial charge in [-0.2, -0.15) is 0 Å². The van der Waals surface area contributed by atoms with Crippen LogP contribution in [0.3, 0.4) is 0 Å². The number of benzene rings is 1. The van der Waals surface area contributed by atoms with Gasteiger partial charge in [0.2, 0.25) is 0 Å². The number of unbranched alkanes of at least 4 members (excludes halogenated alkanes) is 2. The Bertz CT molecular complexity index is 1160. The van der Waals surface area contributed by atoms with Crippen LogP contribution in [0.15, 0.2) is 43.0 Å². The lowest BCUT2D eigenvalue weighted by Gasteiger charge is -2.32. The van der Waals surface area contributed by atoms with E-state index in [1.54, 1.807) is 10.9 Å². The molecule has 3 atom stereocenters. The topological polar surface area (TPSA) is 143 Å². The fourth-order valence-electron chi connectivity index (χ4n) is 3.82. The molecule has 0 amide bonds. The maximum atomic E-state index is 13.4. The molecule has 4 rings (SSSR count). The van der Waals surface area contributed by atoms with Gasteiger partial charge in [-0.25, -0.2) is 20.0 Å². The van der Waals surface area contributed by atoms with Crippen LogP contribution >= 0.6 is 7.52 Å². The predicted octanol–water partition coefficient (Wildman–Crippen LogP) is 2.91. The average Bonchev–Trinajstić information content (AvgIpc) is 3.27. The number of hydrogen-bond donors (Lipinski definition) is 2. The zero-order valence-corrected chi connectivity index (χ0v) is 20.6. The van der Waals surface area contributed by atoms with E-state index in [9.17, 15) is 9.36 Å². The fraction of sp³-hybridized carbons (Fsp3) is 0.478. The molecule has 1 aliphatic heterocycles. The highest BCUT2D eigenvalue weighted by atomic mass is 31.2. The minimum Gasteiger partial charge on any atom is -0.465 e. The van der Waals surface area contributed by atoms with Gasteiger partial charge in [0.15, 0.2) is 11.5 Å². The van der Waals surface area contributed by atoms with Crippen LogP contribution in [0.4, 0.5) is 5.82 Å². The van der Waals surface area contributed by atoms with Crippen molar-refractivity contribution in [3.8, 4) is 0 Å². The number of carbonyl (C=O) groups excluding carboxylic acids is 1. The number of carbonyl (C=O) groups is 1. The summed E-state index contributed by atoms with van der Waals surface area (Å²) in [6.45, 7) is 2.88. The summed E-state index contributed by atoms with van der Waals surface area (Å²) < 4.78 is 32.2. The first-order valence-electron chi connectivity index (χ1n) is 11.7. The molecule has 1 aromatic carbocycles. The Balaban J connectivity index is 1.37. The molecule has 3 N–H and O–H groups in total. The van der Waals surface area contributed by atoms with Crippen LogP contribution in [0.5, 0.6) is 0 Å². The van der Waals surface area contributed by atoms with Crippen molar-refractivity contribution < 1.29 is 23.4 Å². The summed E-state index contributed by atoms with van der Waals surface area (Å²) in [4.78, 5) is 25.2. The molecular formula is C23H31N6O5P. The van der Waals surface area contributed by atoms with E-state index in [1.165, 1.54) is 6.33 Å². The molecule has 0 aliphatic carbocycles. The molecule has 0 radical (unpaired) electrons. The first-order valence-corrected chi connectivity index (χ1v) is 13.5. The van der Waals surface area contributed by atoms with E-state index in [-0.39, 0.29) is 19.1 Å². The van der Waals surface area contributed by atoms with Crippen LogP contribution in [-0.2, 0) is 36.3 Å². The van der Waals surface area contributed by atoms with E-state index < -0.39 is 19.5 Å². The lowest BCUT2D eigenvalue weighted by Crippen LogP contribution is -2.42. The highest BCUT2D eigenvalue weighted by Gasteiger charge is 2.37. The van der Waals surface area contributed by atoms with Gasteiger partial charge in [0.1, 0.15) is 30.3 Å². The zero-order chi connectivity index (χ0) is 24.7. The fourth-order valence-corrected chi connectivity index (χ4v) is 5.53. The maximum absolute atomic E-state index is 13.4. The second-order valence-corrected chi connectivity index (χ2v) is 10.6. The van der Waals surface area contributed by atoms with Crippen LogP contribution in [0.2, 0.25) is 0 Å². The van der Waals surface area contributed by atoms with Crippen LogP contribution in [0.25, 0.3) is 11.2 Å². The van der Waals surface area contributed by atoms with Crippen LogP contribution < -0.4 is 10.8 Å². The number of anilines is 1. The van der Waals surface area contributed by atoms with Gasteiger partial charge in [0, 0.05) is 0 Å². The second-order valence-electron chi connectivity index (χ2n) is 8.46.